The van der Waals surface area contributed by atoms with Gasteiger partial charge in [0.15, 0.2) is 0 Å². The van der Waals surface area contributed by atoms with Gasteiger partial charge in [-0.3, -0.25) is 0 Å². The van der Waals surface area contributed by atoms with Gasteiger partial charge in [0.05, 0.1) is 6.10 Å². The van der Waals surface area contributed by atoms with E-state index in [4.69, 9.17) is 5.11 Å². The summed E-state index contributed by atoms with van der Waals surface area (Å²) >= 11 is 0. The van der Waals surface area contributed by atoms with Gasteiger partial charge in [0.1, 0.15) is 0 Å². The van der Waals surface area contributed by atoms with Gasteiger partial charge in [0.2, 0.25) is 0 Å². The van der Waals surface area contributed by atoms with Crippen LogP contribution in [-0.4, -0.2) is 36.2 Å². The SMILES string of the molecule is CC(O)CC1=CCCN(C)C1. The van der Waals surface area contributed by atoms with Crippen molar-refractivity contribution in [1.29, 1.82) is 0 Å². The third-order valence-corrected chi connectivity index (χ3v) is 1.97. The topological polar surface area (TPSA) is 23.5 Å². The second-order valence-corrected chi connectivity index (χ2v) is 3.44. The Morgan fingerprint density at radius 3 is 3.00 bits per heavy atom. The highest BCUT2D eigenvalue weighted by molar-refractivity contribution is 5.08. The van der Waals surface area contributed by atoms with Crippen LogP contribution in [-0.2, 0) is 0 Å². The maximum atomic E-state index is 9.13. The molecule has 0 spiro atoms. The molecule has 1 rings (SSSR count). The molecule has 0 fully saturated rings. The van der Waals surface area contributed by atoms with Crippen LogP contribution in [0, 0.1) is 0 Å². The lowest BCUT2D eigenvalue weighted by molar-refractivity contribution is 0.190. The van der Waals surface area contributed by atoms with Crippen LogP contribution in [0.25, 0.3) is 0 Å². The molecule has 11 heavy (non-hydrogen) atoms. The normalized spacial score (nSPS) is 23.0. The molecule has 1 atom stereocenters. The lowest BCUT2D eigenvalue weighted by atomic mass is 10.0. The van der Waals surface area contributed by atoms with Gasteiger partial charge >= 0.3 is 0 Å². The molecular weight excluding hydrogens is 138 g/mol. The summed E-state index contributed by atoms with van der Waals surface area (Å²) in [5, 5.41) is 9.13. The zero-order valence-electron chi connectivity index (χ0n) is 7.38. The molecule has 0 aliphatic carbocycles. The van der Waals surface area contributed by atoms with E-state index in [9.17, 15) is 0 Å². The summed E-state index contributed by atoms with van der Waals surface area (Å²) in [6.45, 7) is 4.03. The molecule has 0 saturated carbocycles. The lowest BCUT2D eigenvalue weighted by Gasteiger charge is -2.23. The largest absolute Gasteiger partial charge is 0.393 e. The Morgan fingerprint density at radius 2 is 2.45 bits per heavy atom. The van der Waals surface area contributed by atoms with Crippen LogP contribution in [0.3, 0.4) is 0 Å². The molecule has 2 nitrogen and oxygen atoms in total. The number of hydrogen-bond donors (Lipinski definition) is 1. The maximum absolute atomic E-state index is 9.13. The predicted molar refractivity (Wildman–Crippen MR) is 46.5 cm³/mol. The van der Waals surface area contributed by atoms with Gasteiger partial charge in [-0.2, -0.15) is 0 Å². The molecule has 1 aliphatic rings. The van der Waals surface area contributed by atoms with E-state index in [1.54, 1.807) is 0 Å². The molecule has 64 valence electrons. The van der Waals surface area contributed by atoms with Crippen LogP contribution >= 0.6 is 0 Å². The van der Waals surface area contributed by atoms with Gasteiger partial charge in [-0.25, -0.2) is 0 Å². The minimum absolute atomic E-state index is 0.187. The highest BCUT2D eigenvalue weighted by atomic mass is 16.3. The van der Waals surface area contributed by atoms with Crippen molar-refractivity contribution in [3.63, 3.8) is 0 Å². The van der Waals surface area contributed by atoms with Crippen molar-refractivity contribution in [3.8, 4) is 0 Å². The minimum Gasteiger partial charge on any atom is -0.393 e. The third kappa shape index (κ3) is 3.04. The van der Waals surface area contributed by atoms with Crippen molar-refractivity contribution < 1.29 is 5.11 Å². The van der Waals surface area contributed by atoms with E-state index in [-0.39, 0.29) is 6.10 Å². The zero-order chi connectivity index (χ0) is 8.27. The van der Waals surface area contributed by atoms with Gasteiger partial charge in [0, 0.05) is 13.1 Å². The van der Waals surface area contributed by atoms with Crippen molar-refractivity contribution in [2.75, 3.05) is 20.1 Å². The van der Waals surface area contributed by atoms with Crippen LogP contribution in [0.5, 0.6) is 0 Å². The molecule has 0 aromatic heterocycles. The first-order chi connectivity index (χ1) is 5.18. The van der Waals surface area contributed by atoms with E-state index in [0.717, 1.165) is 25.9 Å². The van der Waals surface area contributed by atoms with E-state index in [0.29, 0.717) is 0 Å². The monoisotopic (exact) mass is 155 g/mol. The summed E-state index contributed by atoms with van der Waals surface area (Å²) in [5.41, 5.74) is 1.38. The van der Waals surface area contributed by atoms with Crippen molar-refractivity contribution in [2.45, 2.75) is 25.9 Å². The molecule has 1 aliphatic heterocycles. The van der Waals surface area contributed by atoms with Crippen molar-refractivity contribution in [2.24, 2.45) is 0 Å². The molecule has 1 heterocycles. The van der Waals surface area contributed by atoms with E-state index in [2.05, 4.69) is 18.0 Å². The second-order valence-electron chi connectivity index (χ2n) is 3.44. The molecule has 0 aromatic rings. The molecule has 2 heteroatoms. The Bertz CT molecular complexity index is 152. The number of aliphatic hydroxyl groups excluding tert-OH is 1. The quantitative estimate of drug-likeness (QED) is 0.602. The molecule has 0 bridgehead atoms. The van der Waals surface area contributed by atoms with E-state index in [1.165, 1.54) is 5.57 Å². The fourth-order valence-electron chi connectivity index (χ4n) is 1.51. The summed E-state index contributed by atoms with van der Waals surface area (Å²) in [4.78, 5) is 2.29. The standard InChI is InChI=1S/C9H17NO/c1-8(11)6-9-4-3-5-10(2)7-9/h4,8,11H,3,5-7H2,1-2H3. The number of aliphatic hydroxyl groups is 1. The summed E-state index contributed by atoms with van der Waals surface area (Å²) < 4.78 is 0. The smallest absolute Gasteiger partial charge is 0.0549 e. The van der Waals surface area contributed by atoms with Gasteiger partial charge in [0.25, 0.3) is 0 Å². The lowest BCUT2D eigenvalue weighted by Crippen LogP contribution is -2.26. The highest BCUT2D eigenvalue weighted by Gasteiger charge is 2.09. The average Bonchev–Trinajstić information content (AvgIpc) is 1.85. The average molecular weight is 155 g/mol. The molecule has 0 radical (unpaired) electrons. The van der Waals surface area contributed by atoms with Crippen molar-refractivity contribution in [1.82, 2.24) is 4.90 Å². The van der Waals surface area contributed by atoms with Crippen LogP contribution in [0.1, 0.15) is 19.8 Å². The van der Waals surface area contributed by atoms with Crippen LogP contribution in [0.4, 0.5) is 0 Å². The maximum Gasteiger partial charge on any atom is 0.0549 e. The number of likely N-dealkylation sites (N-methyl/N-ethyl adjacent to an activating group) is 1. The van der Waals surface area contributed by atoms with Gasteiger partial charge in [-0.05, 0) is 26.8 Å². The van der Waals surface area contributed by atoms with Gasteiger partial charge in [-0.15, -0.1) is 0 Å². The zero-order valence-corrected chi connectivity index (χ0v) is 7.38. The van der Waals surface area contributed by atoms with E-state index in [1.807, 2.05) is 6.92 Å². The fourth-order valence-corrected chi connectivity index (χ4v) is 1.51. The van der Waals surface area contributed by atoms with Crippen LogP contribution < -0.4 is 0 Å². The first kappa shape index (κ1) is 8.75. The first-order valence-electron chi connectivity index (χ1n) is 4.23. The number of rotatable bonds is 2. The van der Waals surface area contributed by atoms with Crippen molar-refractivity contribution >= 4 is 0 Å². The van der Waals surface area contributed by atoms with Crippen LogP contribution in [0.15, 0.2) is 11.6 Å². The number of hydrogen-bond acceptors (Lipinski definition) is 2. The van der Waals surface area contributed by atoms with Crippen LogP contribution in [0.2, 0.25) is 0 Å². The number of nitrogens with zero attached hydrogens (tertiary/aromatic N) is 1. The first-order valence-corrected chi connectivity index (χ1v) is 4.23. The van der Waals surface area contributed by atoms with Crippen molar-refractivity contribution in [3.05, 3.63) is 11.6 Å². The Balaban J connectivity index is 2.38. The Kier molecular flexibility index (Phi) is 3.09. The summed E-state index contributed by atoms with van der Waals surface area (Å²) in [6, 6.07) is 0. The summed E-state index contributed by atoms with van der Waals surface area (Å²) in [7, 11) is 2.12. The molecule has 0 aromatic carbocycles. The molecule has 0 amide bonds. The summed E-state index contributed by atoms with van der Waals surface area (Å²) in [6.07, 6.45) is 4.04. The predicted octanol–water partition coefficient (Wildman–Crippen LogP) is 1.02. The molecule has 1 unspecified atom stereocenters. The Morgan fingerprint density at radius 1 is 1.73 bits per heavy atom. The second kappa shape index (κ2) is 3.88. The van der Waals surface area contributed by atoms with E-state index >= 15 is 0 Å². The Labute approximate surface area is 68.5 Å². The van der Waals surface area contributed by atoms with E-state index < -0.39 is 0 Å². The minimum atomic E-state index is -0.187. The molecular formula is C9H17NO. The third-order valence-electron chi connectivity index (χ3n) is 1.97. The summed E-state index contributed by atoms with van der Waals surface area (Å²) in [5.74, 6) is 0. The molecule has 0 saturated heterocycles. The fraction of sp³-hybridized carbons (Fsp3) is 0.778. The van der Waals surface area contributed by atoms with Gasteiger partial charge in [-0.1, -0.05) is 11.6 Å². The molecule has 1 N–H and O–H groups in total. The highest BCUT2D eigenvalue weighted by Crippen LogP contribution is 2.12. The van der Waals surface area contributed by atoms with Gasteiger partial charge < -0.3 is 10.0 Å². The Hall–Kier alpha value is -0.340.